The first kappa shape index (κ1) is 19.6. The number of hydrogen-bond acceptors (Lipinski definition) is 4. The number of aryl methyl sites for hydroxylation is 2. The molecule has 30 heavy (non-hydrogen) atoms. The van der Waals surface area contributed by atoms with Gasteiger partial charge in [-0.25, -0.2) is 4.98 Å². The number of benzene rings is 2. The lowest BCUT2D eigenvalue weighted by Crippen LogP contribution is -2.14. The number of hydrogen-bond donors (Lipinski definition) is 1. The van der Waals surface area contributed by atoms with E-state index in [1.165, 1.54) is 11.1 Å². The van der Waals surface area contributed by atoms with Crippen molar-refractivity contribution in [2.75, 3.05) is 12.4 Å². The van der Waals surface area contributed by atoms with Crippen LogP contribution in [0.5, 0.6) is 5.88 Å². The summed E-state index contributed by atoms with van der Waals surface area (Å²) in [6.45, 7) is 6.59. The maximum Gasteiger partial charge on any atom is 0.256 e. The van der Waals surface area contributed by atoms with Crippen molar-refractivity contribution in [3.63, 3.8) is 0 Å². The van der Waals surface area contributed by atoms with Crippen LogP contribution < -0.4 is 10.1 Å². The van der Waals surface area contributed by atoms with Crippen LogP contribution in [0.15, 0.2) is 54.6 Å². The summed E-state index contributed by atoms with van der Waals surface area (Å²) in [5.41, 5.74) is 6.02. The van der Waals surface area contributed by atoms with E-state index in [2.05, 4.69) is 40.5 Å². The second-order valence-electron chi connectivity index (χ2n) is 7.38. The zero-order valence-corrected chi connectivity index (χ0v) is 17.6. The Hall–Kier alpha value is -3.67. The number of nitrogens with one attached hydrogen (secondary N) is 1. The van der Waals surface area contributed by atoms with Crippen molar-refractivity contribution in [1.29, 1.82) is 0 Å². The number of carbonyl (C=O) groups excluding carboxylic acids is 1. The lowest BCUT2D eigenvalue weighted by molar-refractivity contribution is 0.102. The monoisotopic (exact) mass is 400 g/mol. The van der Waals surface area contributed by atoms with Crippen LogP contribution in [0.25, 0.3) is 10.9 Å². The maximum atomic E-state index is 13.2. The molecule has 0 bridgehead atoms. The van der Waals surface area contributed by atoms with E-state index >= 15 is 0 Å². The first-order valence-electron chi connectivity index (χ1n) is 9.81. The molecule has 2 heterocycles. The molecule has 6 nitrogen and oxygen atoms in total. The van der Waals surface area contributed by atoms with Gasteiger partial charge >= 0.3 is 0 Å². The molecule has 152 valence electrons. The molecule has 0 atom stereocenters. The predicted octanol–water partition coefficient (Wildman–Crippen LogP) is 4.67. The predicted molar refractivity (Wildman–Crippen MR) is 118 cm³/mol. The third kappa shape index (κ3) is 3.76. The normalized spacial score (nSPS) is 10.9. The summed E-state index contributed by atoms with van der Waals surface area (Å²) in [4.78, 5) is 17.6. The molecule has 2 aromatic heterocycles. The van der Waals surface area contributed by atoms with E-state index < -0.39 is 0 Å². The molecule has 0 saturated heterocycles. The highest BCUT2D eigenvalue weighted by Gasteiger charge is 2.18. The highest BCUT2D eigenvalue weighted by molar-refractivity contribution is 6.13. The van der Waals surface area contributed by atoms with Crippen LogP contribution in [0.3, 0.4) is 0 Å². The zero-order valence-electron chi connectivity index (χ0n) is 17.6. The van der Waals surface area contributed by atoms with Gasteiger partial charge in [0, 0.05) is 11.5 Å². The quantitative estimate of drug-likeness (QED) is 0.529. The molecular weight excluding hydrogens is 376 g/mol. The number of pyridine rings is 1. The Kier molecular flexibility index (Phi) is 5.23. The van der Waals surface area contributed by atoms with Gasteiger partial charge < -0.3 is 10.1 Å². The van der Waals surface area contributed by atoms with E-state index in [1.807, 2.05) is 48.9 Å². The van der Waals surface area contributed by atoms with Crippen LogP contribution in [0.4, 0.5) is 5.69 Å². The molecule has 0 unspecified atom stereocenters. The van der Waals surface area contributed by atoms with Gasteiger partial charge in [0.25, 0.3) is 5.91 Å². The largest absolute Gasteiger partial charge is 0.481 e. The van der Waals surface area contributed by atoms with Crippen molar-refractivity contribution >= 4 is 22.5 Å². The first-order valence-corrected chi connectivity index (χ1v) is 9.81. The highest BCUT2D eigenvalue weighted by Crippen LogP contribution is 2.25. The molecule has 0 aliphatic heterocycles. The van der Waals surface area contributed by atoms with Gasteiger partial charge in [0.15, 0.2) is 0 Å². The molecule has 0 aliphatic rings. The summed E-state index contributed by atoms with van der Waals surface area (Å²) in [5, 5.41) is 8.47. The number of para-hydroxylation sites is 1. The van der Waals surface area contributed by atoms with E-state index in [9.17, 15) is 4.79 Å². The lowest BCUT2D eigenvalue weighted by Gasteiger charge is -2.10. The molecule has 1 amide bonds. The summed E-state index contributed by atoms with van der Waals surface area (Å²) in [6, 6.07) is 17.5. The molecule has 4 aromatic rings. The van der Waals surface area contributed by atoms with Crippen LogP contribution in [-0.2, 0) is 6.54 Å². The Bertz CT molecular complexity index is 1240. The Labute approximate surface area is 175 Å². The Morgan fingerprint density at radius 2 is 1.87 bits per heavy atom. The number of anilines is 1. The molecule has 0 saturated carbocycles. The zero-order chi connectivity index (χ0) is 21.3. The molecule has 2 aromatic carbocycles. The number of ether oxygens (including phenoxy) is 1. The molecule has 0 spiro atoms. The fraction of sp³-hybridized carbons (Fsp3) is 0.208. The second-order valence-corrected chi connectivity index (χ2v) is 7.38. The second kappa shape index (κ2) is 7.99. The van der Waals surface area contributed by atoms with Crippen molar-refractivity contribution in [3.05, 3.63) is 82.7 Å². The van der Waals surface area contributed by atoms with Crippen molar-refractivity contribution in [2.24, 2.45) is 0 Å². The minimum Gasteiger partial charge on any atom is -0.481 e. The minimum atomic E-state index is -0.215. The molecule has 0 fully saturated rings. The number of fused-ring (bicyclic) bond motifs is 1. The van der Waals surface area contributed by atoms with Gasteiger partial charge in [0.1, 0.15) is 0 Å². The summed E-state index contributed by atoms with van der Waals surface area (Å²) in [5.74, 6) is 0.190. The van der Waals surface area contributed by atoms with Gasteiger partial charge in [-0.1, -0.05) is 48.0 Å². The molecule has 4 rings (SSSR count). The van der Waals surface area contributed by atoms with Crippen LogP contribution >= 0.6 is 0 Å². The van der Waals surface area contributed by atoms with E-state index in [4.69, 9.17) is 4.74 Å². The fourth-order valence-electron chi connectivity index (χ4n) is 3.64. The van der Waals surface area contributed by atoms with Crippen molar-refractivity contribution in [1.82, 2.24) is 14.8 Å². The summed E-state index contributed by atoms with van der Waals surface area (Å²) in [7, 11) is 1.54. The number of aromatic nitrogens is 3. The van der Waals surface area contributed by atoms with Gasteiger partial charge in [-0.3, -0.25) is 9.48 Å². The Morgan fingerprint density at radius 3 is 2.63 bits per heavy atom. The van der Waals surface area contributed by atoms with Crippen LogP contribution in [-0.4, -0.2) is 27.8 Å². The van der Waals surface area contributed by atoms with Gasteiger partial charge in [-0.15, -0.1) is 0 Å². The van der Waals surface area contributed by atoms with Crippen molar-refractivity contribution < 1.29 is 9.53 Å². The van der Waals surface area contributed by atoms with Gasteiger partial charge in [0.05, 0.1) is 41.8 Å². The maximum absolute atomic E-state index is 13.2. The van der Waals surface area contributed by atoms with E-state index in [-0.39, 0.29) is 5.91 Å². The number of amides is 1. The summed E-state index contributed by atoms with van der Waals surface area (Å²) < 4.78 is 7.20. The van der Waals surface area contributed by atoms with Gasteiger partial charge in [-0.2, -0.15) is 5.10 Å². The first-order chi connectivity index (χ1) is 14.5. The number of rotatable bonds is 5. The number of nitrogens with zero attached hydrogens (tertiary/aromatic N) is 3. The van der Waals surface area contributed by atoms with Crippen LogP contribution in [0.2, 0.25) is 0 Å². The fourth-order valence-corrected chi connectivity index (χ4v) is 3.64. The standard InChI is InChI=1S/C24H24N4O2/c1-15-8-7-9-18(12-15)14-28-17(3)23(16(2)27-28)26-24(29)20-13-22(30-4)25-21-11-6-5-10-19(20)21/h5-13H,14H2,1-4H3,(H,26,29). The van der Waals surface area contributed by atoms with Crippen molar-refractivity contribution in [3.8, 4) is 5.88 Å². The highest BCUT2D eigenvalue weighted by atomic mass is 16.5. The number of carbonyl (C=O) groups is 1. The number of methoxy groups -OCH3 is 1. The minimum absolute atomic E-state index is 0.215. The van der Waals surface area contributed by atoms with Crippen LogP contribution in [0.1, 0.15) is 32.9 Å². The average Bonchev–Trinajstić information content (AvgIpc) is 3.00. The third-order valence-corrected chi connectivity index (χ3v) is 5.18. The van der Waals surface area contributed by atoms with Gasteiger partial charge in [-0.05, 0) is 32.4 Å². The lowest BCUT2D eigenvalue weighted by atomic mass is 10.1. The van der Waals surface area contributed by atoms with E-state index in [0.29, 0.717) is 23.5 Å². The van der Waals surface area contributed by atoms with Crippen molar-refractivity contribution in [2.45, 2.75) is 27.3 Å². The van der Waals surface area contributed by atoms with E-state index in [1.54, 1.807) is 13.2 Å². The topological polar surface area (TPSA) is 69.0 Å². The molecule has 0 radical (unpaired) electrons. The smallest absolute Gasteiger partial charge is 0.256 e. The van der Waals surface area contributed by atoms with Gasteiger partial charge in [0.2, 0.25) is 5.88 Å². The van der Waals surface area contributed by atoms with Crippen LogP contribution in [0, 0.1) is 20.8 Å². The molecular formula is C24H24N4O2. The molecule has 1 N–H and O–H groups in total. The SMILES string of the molecule is COc1cc(C(=O)Nc2c(C)nn(Cc3cccc(C)c3)c2C)c2ccccc2n1. The summed E-state index contributed by atoms with van der Waals surface area (Å²) >= 11 is 0. The molecule has 6 heteroatoms. The Balaban J connectivity index is 1.66. The summed E-state index contributed by atoms with van der Waals surface area (Å²) in [6.07, 6.45) is 0. The average molecular weight is 400 g/mol. The van der Waals surface area contributed by atoms with E-state index in [0.717, 1.165) is 22.5 Å². The molecule has 0 aliphatic carbocycles. The Morgan fingerprint density at radius 1 is 1.07 bits per heavy atom. The third-order valence-electron chi connectivity index (χ3n) is 5.18.